The first-order chi connectivity index (χ1) is 10.1. The van der Waals surface area contributed by atoms with Crippen LogP contribution in [0.5, 0.6) is 0 Å². The summed E-state index contributed by atoms with van der Waals surface area (Å²) in [5, 5.41) is 3.53. The zero-order valence-electron chi connectivity index (χ0n) is 12.5. The number of hydrogen-bond acceptors (Lipinski definition) is 1. The maximum Gasteiger partial charge on any atom is 0.126 e. The molecule has 0 amide bonds. The number of aryl methyl sites for hydroxylation is 1. The molecule has 1 nitrogen and oxygen atoms in total. The molecule has 0 saturated heterocycles. The largest absolute Gasteiger partial charge is 0.310 e. The summed E-state index contributed by atoms with van der Waals surface area (Å²) in [6.45, 7) is 5.13. The molecule has 0 saturated carbocycles. The molecule has 1 N–H and O–H groups in total. The van der Waals surface area contributed by atoms with Crippen LogP contribution in [0.15, 0.2) is 46.9 Å². The molecule has 0 bridgehead atoms. The van der Waals surface area contributed by atoms with E-state index in [4.69, 9.17) is 0 Å². The lowest BCUT2D eigenvalue weighted by Gasteiger charge is -2.21. The molecule has 21 heavy (non-hydrogen) atoms. The smallest absolute Gasteiger partial charge is 0.126 e. The van der Waals surface area contributed by atoms with Crippen molar-refractivity contribution in [1.82, 2.24) is 5.32 Å². The van der Waals surface area contributed by atoms with Crippen molar-refractivity contribution in [2.75, 3.05) is 6.54 Å². The number of benzene rings is 2. The standard InChI is InChI=1S/C18H21BrFN/c1-3-10-21-18(12-14-6-4-5-7-17(14)20)15-11-13(2)8-9-16(15)19/h4-9,11,18,21H,3,10,12H2,1-2H3. The Hall–Kier alpha value is -1.19. The van der Waals surface area contributed by atoms with Crippen LogP contribution in [0.2, 0.25) is 0 Å². The topological polar surface area (TPSA) is 12.0 Å². The second kappa shape index (κ2) is 7.71. The number of rotatable bonds is 6. The zero-order valence-corrected chi connectivity index (χ0v) is 14.1. The fourth-order valence-corrected chi connectivity index (χ4v) is 2.95. The second-order valence-electron chi connectivity index (χ2n) is 5.33. The molecule has 0 aliphatic carbocycles. The summed E-state index contributed by atoms with van der Waals surface area (Å²) in [7, 11) is 0. The van der Waals surface area contributed by atoms with Gasteiger partial charge in [0.25, 0.3) is 0 Å². The number of nitrogens with one attached hydrogen (secondary N) is 1. The molecule has 1 atom stereocenters. The predicted octanol–water partition coefficient (Wildman–Crippen LogP) is 5.18. The first-order valence-electron chi connectivity index (χ1n) is 7.34. The van der Waals surface area contributed by atoms with Gasteiger partial charge in [-0.05, 0) is 49.6 Å². The highest BCUT2D eigenvalue weighted by molar-refractivity contribution is 9.10. The van der Waals surface area contributed by atoms with E-state index in [-0.39, 0.29) is 11.9 Å². The van der Waals surface area contributed by atoms with Crippen molar-refractivity contribution in [1.29, 1.82) is 0 Å². The van der Waals surface area contributed by atoms with Crippen molar-refractivity contribution < 1.29 is 4.39 Å². The van der Waals surface area contributed by atoms with E-state index in [1.165, 1.54) is 17.2 Å². The lowest BCUT2D eigenvalue weighted by Crippen LogP contribution is -2.25. The van der Waals surface area contributed by atoms with Crippen LogP contribution in [0.1, 0.15) is 36.1 Å². The molecule has 2 aromatic carbocycles. The minimum atomic E-state index is -0.135. The molecule has 0 heterocycles. The van der Waals surface area contributed by atoms with E-state index in [1.807, 2.05) is 12.1 Å². The molecular formula is C18H21BrFN. The van der Waals surface area contributed by atoms with Gasteiger partial charge in [-0.2, -0.15) is 0 Å². The van der Waals surface area contributed by atoms with Gasteiger partial charge in [-0.1, -0.05) is 58.7 Å². The quantitative estimate of drug-likeness (QED) is 0.757. The molecule has 0 fully saturated rings. The summed E-state index contributed by atoms with van der Waals surface area (Å²) in [4.78, 5) is 0. The number of halogens is 2. The summed E-state index contributed by atoms with van der Waals surface area (Å²) in [6.07, 6.45) is 1.70. The van der Waals surface area contributed by atoms with Crippen LogP contribution in [0, 0.1) is 12.7 Å². The summed E-state index contributed by atoms with van der Waals surface area (Å²) in [5.41, 5.74) is 3.15. The third kappa shape index (κ3) is 4.39. The minimum absolute atomic E-state index is 0.108. The molecule has 112 valence electrons. The Morgan fingerprint density at radius 3 is 2.67 bits per heavy atom. The van der Waals surface area contributed by atoms with E-state index >= 15 is 0 Å². The fraction of sp³-hybridized carbons (Fsp3) is 0.333. The molecule has 2 rings (SSSR count). The van der Waals surface area contributed by atoms with Gasteiger partial charge in [0.15, 0.2) is 0 Å². The maximum absolute atomic E-state index is 13.9. The summed E-state index contributed by atoms with van der Waals surface area (Å²) in [6, 6.07) is 13.4. The van der Waals surface area contributed by atoms with Gasteiger partial charge in [-0.25, -0.2) is 4.39 Å². The van der Waals surface area contributed by atoms with E-state index in [0.29, 0.717) is 6.42 Å². The Kier molecular flexibility index (Phi) is 5.95. The van der Waals surface area contributed by atoms with Gasteiger partial charge in [0.1, 0.15) is 5.82 Å². The molecule has 0 spiro atoms. The highest BCUT2D eigenvalue weighted by Crippen LogP contribution is 2.28. The van der Waals surface area contributed by atoms with Crippen LogP contribution >= 0.6 is 15.9 Å². The minimum Gasteiger partial charge on any atom is -0.310 e. The maximum atomic E-state index is 13.9. The van der Waals surface area contributed by atoms with E-state index in [1.54, 1.807) is 6.07 Å². The van der Waals surface area contributed by atoms with Crippen LogP contribution in [0.3, 0.4) is 0 Å². The average molecular weight is 350 g/mol. The third-order valence-corrected chi connectivity index (χ3v) is 4.27. The lowest BCUT2D eigenvalue weighted by atomic mass is 9.97. The molecule has 0 aliphatic rings. The molecule has 3 heteroatoms. The summed E-state index contributed by atoms with van der Waals surface area (Å²) >= 11 is 3.62. The van der Waals surface area contributed by atoms with E-state index in [0.717, 1.165) is 23.0 Å². The van der Waals surface area contributed by atoms with E-state index < -0.39 is 0 Å². The Labute approximate surface area is 134 Å². The van der Waals surface area contributed by atoms with Gasteiger partial charge in [-0.3, -0.25) is 0 Å². The first kappa shape index (κ1) is 16.2. The normalized spacial score (nSPS) is 12.4. The molecule has 1 unspecified atom stereocenters. The van der Waals surface area contributed by atoms with Crippen molar-refractivity contribution in [2.45, 2.75) is 32.7 Å². The number of hydrogen-bond donors (Lipinski definition) is 1. The van der Waals surface area contributed by atoms with E-state index in [9.17, 15) is 4.39 Å². The molecule has 0 aromatic heterocycles. The molecule has 2 aromatic rings. The molecule has 0 radical (unpaired) electrons. The molecular weight excluding hydrogens is 329 g/mol. The third-order valence-electron chi connectivity index (χ3n) is 3.55. The predicted molar refractivity (Wildman–Crippen MR) is 90.0 cm³/mol. The highest BCUT2D eigenvalue weighted by atomic mass is 79.9. The van der Waals surface area contributed by atoms with Crippen LogP contribution in [-0.2, 0) is 6.42 Å². The van der Waals surface area contributed by atoms with Crippen molar-refractivity contribution in [2.24, 2.45) is 0 Å². The summed E-state index contributed by atoms with van der Waals surface area (Å²) < 4.78 is 15.0. The Morgan fingerprint density at radius 1 is 1.19 bits per heavy atom. The van der Waals surface area contributed by atoms with Crippen LogP contribution < -0.4 is 5.32 Å². The lowest BCUT2D eigenvalue weighted by molar-refractivity contribution is 0.511. The van der Waals surface area contributed by atoms with E-state index in [2.05, 4.69) is 53.3 Å². The first-order valence-corrected chi connectivity index (χ1v) is 8.14. The summed E-state index contributed by atoms with van der Waals surface area (Å²) in [5.74, 6) is -0.135. The zero-order chi connectivity index (χ0) is 15.2. The monoisotopic (exact) mass is 349 g/mol. The Morgan fingerprint density at radius 2 is 1.95 bits per heavy atom. The van der Waals surface area contributed by atoms with Crippen molar-refractivity contribution in [3.63, 3.8) is 0 Å². The van der Waals surface area contributed by atoms with Gasteiger partial charge in [-0.15, -0.1) is 0 Å². The highest BCUT2D eigenvalue weighted by Gasteiger charge is 2.16. The fourth-order valence-electron chi connectivity index (χ4n) is 2.42. The van der Waals surface area contributed by atoms with Gasteiger partial charge in [0, 0.05) is 10.5 Å². The van der Waals surface area contributed by atoms with Gasteiger partial charge in [0.2, 0.25) is 0 Å². The van der Waals surface area contributed by atoms with Crippen LogP contribution in [0.4, 0.5) is 4.39 Å². The SMILES string of the molecule is CCCNC(Cc1ccccc1F)c1cc(C)ccc1Br. The van der Waals surface area contributed by atoms with Crippen LogP contribution in [-0.4, -0.2) is 6.54 Å². The van der Waals surface area contributed by atoms with Crippen molar-refractivity contribution in [3.05, 3.63) is 69.4 Å². The van der Waals surface area contributed by atoms with Crippen molar-refractivity contribution in [3.8, 4) is 0 Å². The van der Waals surface area contributed by atoms with Gasteiger partial charge >= 0.3 is 0 Å². The Bertz CT molecular complexity index is 598. The second-order valence-corrected chi connectivity index (χ2v) is 6.18. The average Bonchev–Trinajstić information content (AvgIpc) is 2.48. The van der Waals surface area contributed by atoms with Crippen LogP contribution in [0.25, 0.3) is 0 Å². The molecule has 0 aliphatic heterocycles. The Balaban J connectivity index is 2.30. The van der Waals surface area contributed by atoms with Gasteiger partial charge in [0.05, 0.1) is 0 Å². The van der Waals surface area contributed by atoms with Gasteiger partial charge < -0.3 is 5.32 Å². The van der Waals surface area contributed by atoms with Crippen molar-refractivity contribution >= 4 is 15.9 Å².